The van der Waals surface area contributed by atoms with Gasteiger partial charge in [0.25, 0.3) is 0 Å². The van der Waals surface area contributed by atoms with Crippen molar-refractivity contribution in [2.75, 3.05) is 27.3 Å². The minimum atomic E-state index is 0.184. The lowest BCUT2D eigenvalue weighted by Gasteiger charge is -2.14. The second-order valence-electron chi connectivity index (χ2n) is 4.56. The summed E-state index contributed by atoms with van der Waals surface area (Å²) in [6.07, 6.45) is 0.922. The molecule has 0 aliphatic rings. The summed E-state index contributed by atoms with van der Waals surface area (Å²) < 4.78 is 10.7. The zero-order chi connectivity index (χ0) is 13.5. The smallest absolute Gasteiger partial charge is 0.126 e. The predicted molar refractivity (Wildman–Crippen MR) is 74.5 cm³/mol. The first-order chi connectivity index (χ1) is 8.58. The maximum Gasteiger partial charge on any atom is 0.126 e. The van der Waals surface area contributed by atoms with Crippen molar-refractivity contribution in [3.05, 3.63) is 23.3 Å². The van der Waals surface area contributed by atoms with Crippen molar-refractivity contribution >= 4 is 0 Å². The molecular weight excluding hydrogens is 228 g/mol. The fourth-order valence-corrected chi connectivity index (χ4v) is 1.92. The molecule has 0 saturated heterocycles. The lowest BCUT2D eigenvalue weighted by molar-refractivity contribution is 0.390. The molecule has 0 aromatic heterocycles. The van der Waals surface area contributed by atoms with Crippen LogP contribution >= 0.6 is 0 Å². The highest BCUT2D eigenvalue weighted by Crippen LogP contribution is 2.28. The maximum atomic E-state index is 5.69. The van der Waals surface area contributed by atoms with E-state index in [1.807, 2.05) is 19.1 Å². The van der Waals surface area contributed by atoms with E-state index in [1.165, 1.54) is 11.1 Å². The van der Waals surface area contributed by atoms with Crippen LogP contribution in [0, 0.1) is 6.92 Å². The molecule has 0 fully saturated rings. The number of ether oxygens (including phenoxy) is 2. The van der Waals surface area contributed by atoms with Crippen LogP contribution in [0.25, 0.3) is 0 Å². The zero-order valence-corrected chi connectivity index (χ0v) is 11.7. The van der Waals surface area contributed by atoms with Gasteiger partial charge in [-0.1, -0.05) is 0 Å². The van der Waals surface area contributed by atoms with Crippen LogP contribution in [0.2, 0.25) is 0 Å². The highest BCUT2D eigenvalue weighted by molar-refractivity contribution is 5.46. The summed E-state index contributed by atoms with van der Waals surface area (Å²) >= 11 is 0. The van der Waals surface area contributed by atoms with E-state index < -0.39 is 0 Å². The maximum absolute atomic E-state index is 5.69. The van der Waals surface area contributed by atoms with Gasteiger partial charge in [-0.15, -0.1) is 0 Å². The fraction of sp³-hybridized carbons (Fsp3) is 0.571. The molecule has 1 rings (SSSR count). The van der Waals surface area contributed by atoms with Crippen molar-refractivity contribution in [3.63, 3.8) is 0 Å². The molecule has 0 saturated carbocycles. The Labute approximate surface area is 109 Å². The second-order valence-corrected chi connectivity index (χ2v) is 4.56. The largest absolute Gasteiger partial charge is 0.497 e. The summed E-state index contributed by atoms with van der Waals surface area (Å²) in [6.45, 7) is 5.79. The average Bonchev–Trinajstić information content (AvgIpc) is 2.34. The van der Waals surface area contributed by atoms with E-state index in [1.54, 1.807) is 14.2 Å². The van der Waals surface area contributed by atoms with Gasteiger partial charge in [-0.05, 0) is 44.0 Å². The fourth-order valence-electron chi connectivity index (χ4n) is 1.92. The van der Waals surface area contributed by atoms with Gasteiger partial charge < -0.3 is 20.5 Å². The number of nitrogens with one attached hydrogen (secondary N) is 1. The lowest BCUT2D eigenvalue weighted by Crippen LogP contribution is -2.32. The number of nitrogens with two attached hydrogens (primary N) is 1. The molecule has 0 bridgehead atoms. The summed E-state index contributed by atoms with van der Waals surface area (Å²) in [5, 5.41) is 3.33. The van der Waals surface area contributed by atoms with Crippen molar-refractivity contribution in [1.82, 2.24) is 5.32 Å². The molecule has 18 heavy (non-hydrogen) atoms. The molecule has 0 amide bonds. The van der Waals surface area contributed by atoms with Crippen LogP contribution < -0.4 is 20.5 Å². The Balaban J connectivity index is 2.69. The topological polar surface area (TPSA) is 56.5 Å². The molecular formula is C14H24N2O2. The zero-order valence-electron chi connectivity index (χ0n) is 11.7. The molecule has 1 aromatic carbocycles. The molecule has 0 aliphatic carbocycles. The molecule has 0 spiro atoms. The van der Waals surface area contributed by atoms with Gasteiger partial charge in [0.05, 0.1) is 14.2 Å². The normalized spacial score (nSPS) is 12.3. The van der Waals surface area contributed by atoms with E-state index in [4.69, 9.17) is 15.2 Å². The van der Waals surface area contributed by atoms with E-state index in [-0.39, 0.29) is 6.04 Å². The van der Waals surface area contributed by atoms with Crippen LogP contribution in [0.15, 0.2) is 12.1 Å². The summed E-state index contributed by atoms with van der Waals surface area (Å²) in [4.78, 5) is 0. The van der Waals surface area contributed by atoms with E-state index in [9.17, 15) is 0 Å². The first kappa shape index (κ1) is 14.8. The summed E-state index contributed by atoms with van der Waals surface area (Å²) in [7, 11) is 3.35. The number of rotatable bonds is 7. The van der Waals surface area contributed by atoms with Gasteiger partial charge in [-0.2, -0.15) is 0 Å². The number of aryl methyl sites for hydroxylation is 1. The summed E-state index contributed by atoms with van der Waals surface area (Å²) in [6, 6.07) is 4.14. The molecule has 4 nitrogen and oxygen atoms in total. The summed E-state index contributed by atoms with van der Waals surface area (Å²) in [5.74, 6) is 1.71. The number of methoxy groups -OCH3 is 2. The Kier molecular flexibility index (Phi) is 5.95. The molecule has 0 aliphatic heterocycles. The quantitative estimate of drug-likeness (QED) is 0.722. The third-order valence-electron chi connectivity index (χ3n) is 2.88. The minimum Gasteiger partial charge on any atom is -0.497 e. The molecule has 0 radical (unpaired) electrons. The first-order valence-corrected chi connectivity index (χ1v) is 6.26. The summed E-state index contributed by atoms with van der Waals surface area (Å²) in [5.41, 5.74) is 8.10. The molecule has 3 N–H and O–H groups in total. The predicted octanol–water partition coefficient (Wildman–Crippen LogP) is 1.49. The third kappa shape index (κ3) is 4.20. The van der Waals surface area contributed by atoms with Gasteiger partial charge in [0.1, 0.15) is 11.5 Å². The van der Waals surface area contributed by atoms with Crippen LogP contribution in [0.1, 0.15) is 18.1 Å². The van der Waals surface area contributed by atoms with E-state index in [2.05, 4.69) is 12.2 Å². The molecule has 1 unspecified atom stereocenters. The molecule has 1 aromatic rings. The van der Waals surface area contributed by atoms with Gasteiger partial charge in [0.15, 0.2) is 0 Å². The van der Waals surface area contributed by atoms with Gasteiger partial charge in [0, 0.05) is 18.7 Å². The van der Waals surface area contributed by atoms with E-state index >= 15 is 0 Å². The Bertz CT molecular complexity index is 378. The Hall–Kier alpha value is -1.26. The standard InChI is InChI=1S/C14H24N2O2/c1-10-7-12(17-3)8-14(18-4)13(10)5-6-16-9-11(2)15/h7-8,11,16H,5-6,9,15H2,1-4H3. The molecule has 4 heteroatoms. The third-order valence-corrected chi connectivity index (χ3v) is 2.88. The van der Waals surface area contributed by atoms with Gasteiger partial charge in [-0.3, -0.25) is 0 Å². The van der Waals surface area contributed by atoms with E-state index in [0.717, 1.165) is 31.0 Å². The highest BCUT2D eigenvalue weighted by atomic mass is 16.5. The highest BCUT2D eigenvalue weighted by Gasteiger charge is 2.09. The Morgan fingerprint density at radius 1 is 1.28 bits per heavy atom. The molecule has 1 atom stereocenters. The minimum absolute atomic E-state index is 0.184. The van der Waals surface area contributed by atoms with Crippen molar-refractivity contribution < 1.29 is 9.47 Å². The van der Waals surface area contributed by atoms with Crippen LogP contribution in [0.4, 0.5) is 0 Å². The number of hydrogen-bond acceptors (Lipinski definition) is 4. The van der Waals surface area contributed by atoms with Crippen molar-refractivity contribution in [3.8, 4) is 11.5 Å². The lowest BCUT2D eigenvalue weighted by atomic mass is 10.0. The van der Waals surface area contributed by atoms with Gasteiger partial charge >= 0.3 is 0 Å². The number of benzene rings is 1. The Morgan fingerprint density at radius 3 is 2.56 bits per heavy atom. The van der Waals surface area contributed by atoms with Crippen molar-refractivity contribution in [1.29, 1.82) is 0 Å². The first-order valence-electron chi connectivity index (χ1n) is 6.26. The van der Waals surface area contributed by atoms with Crippen LogP contribution in [0.5, 0.6) is 11.5 Å². The van der Waals surface area contributed by atoms with Crippen molar-refractivity contribution in [2.45, 2.75) is 26.3 Å². The van der Waals surface area contributed by atoms with E-state index in [0.29, 0.717) is 0 Å². The monoisotopic (exact) mass is 252 g/mol. The van der Waals surface area contributed by atoms with Crippen LogP contribution in [-0.2, 0) is 6.42 Å². The van der Waals surface area contributed by atoms with Gasteiger partial charge in [-0.25, -0.2) is 0 Å². The SMILES string of the molecule is COc1cc(C)c(CCNCC(C)N)c(OC)c1. The van der Waals surface area contributed by atoms with Crippen LogP contribution in [-0.4, -0.2) is 33.4 Å². The number of hydrogen-bond donors (Lipinski definition) is 2. The molecule has 102 valence electrons. The van der Waals surface area contributed by atoms with Gasteiger partial charge in [0.2, 0.25) is 0 Å². The molecule has 0 heterocycles. The van der Waals surface area contributed by atoms with Crippen molar-refractivity contribution in [2.24, 2.45) is 5.73 Å². The second kappa shape index (κ2) is 7.24. The van der Waals surface area contributed by atoms with Crippen LogP contribution in [0.3, 0.4) is 0 Å². The Morgan fingerprint density at radius 2 is 2.00 bits per heavy atom. The average molecular weight is 252 g/mol.